The first-order valence-electron chi connectivity index (χ1n) is 6.41. The van der Waals surface area contributed by atoms with Crippen LogP contribution < -0.4 is 5.32 Å². The van der Waals surface area contributed by atoms with Gasteiger partial charge in [0, 0.05) is 25.2 Å². The lowest BCUT2D eigenvalue weighted by molar-refractivity contribution is -0.121. The third kappa shape index (κ3) is 5.31. The Morgan fingerprint density at radius 2 is 2.17 bits per heavy atom. The molecule has 0 aromatic carbocycles. The van der Waals surface area contributed by atoms with Crippen LogP contribution in [0.2, 0.25) is 0 Å². The van der Waals surface area contributed by atoms with Crippen LogP contribution in [0.25, 0.3) is 0 Å². The second kappa shape index (κ2) is 7.16. The second-order valence-corrected chi connectivity index (χ2v) is 4.91. The molecule has 0 unspecified atom stereocenters. The van der Waals surface area contributed by atoms with Crippen LogP contribution in [0.15, 0.2) is 6.07 Å². The van der Waals surface area contributed by atoms with Gasteiger partial charge in [-0.1, -0.05) is 0 Å². The van der Waals surface area contributed by atoms with Crippen LogP contribution in [0.5, 0.6) is 0 Å². The summed E-state index contributed by atoms with van der Waals surface area (Å²) in [5, 5.41) is 7.26. The molecule has 0 aliphatic rings. The Hall–Kier alpha value is -1.36. The van der Waals surface area contributed by atoms with Gasteiger partial charge in [-0.3, -0.25) is 9.48 Å². The highest BCUT2D eigenvalue weighted by Gasteiger charge is 2.04. The van der Waals surface area contributed by atoms with Gasteiger partial charge in [0.05, 0.1) is 5.69 Å². The molecule has 0 aliphatic carbocycles. The number of hydrogen-bond acceptors (Lipinski definition) is 3. The molecule has 1 rings (SSSR count). The van der Waals surface area contributed by atoms with Crippen LogP contribution in [-0.4, -0.2) is 47.8 Å². The lowest BCUT2D eigenvalue weighted by Crippen LogP contribution is -2.28. The molecule has 0 fully saturated rings. The molecular formula is C13H24N4O. The van der Waals surface area contributed by atoms with E-state index in [0.29, 0.717) is 13.0 Å². The first-order chi connectivity index (χ1) is 8.49. The first-order valence-corrected chi connectivity index (χ1v) is 6.41. The van der Waals surface area contributed by atoms with Crippen molar-refractivity contribution >= 4 is 5.91 Å². The largest absolute Gasteiger partial charge is 0.356 e. The molecular weight excluding hydrogens is 228 g/mol. The lowest BCUT2D eigenvalue weighted by Gasteiger charge is -2.10. The summed E-state index contributed by atoms with van der Waals surface area (Å²) in [5.41, 5.74) is 2.10. The quantitative estimate of drug-likeness (QED) is 0.735. The molecule has 0 radical (unpaired) electrons. The van der Waals surface area contributed by atoms with E-state index in [1.54, 1.807) is 0 Å². The highest BCUT2D eigenvalue weighted by molar-refractivity contribution is 5.75. The van der Waals surface area contributed by atoms with Crippen molar-refractivity contribution in [3.63, 3.8) is 0 Å². The van der Waals surface area contributed by atoms with Crippen molar-refractivity contribution in [3.05, 3.63) is 17.5 Å². The Morgan fingerprint density at radius 1 is 1.44 bits per heavy atom. The van der Waals surface area contributed by atoms with Crippen molar-refractivity contribution in [2.24, 2.45) is 0 Å². The van der Waals surface area contributed by atoms with E-state index in [0.717, 1.165) is 30.9 Å². The predicted molar refractivity (Wildman–Crippen MR) is 72.5 cm³/mol. The molecule has 1 N–H and O–H groups in total. The number of carbonyl (C=O) groups excluding carboxylic acids is 1. The van der Waals surface area contributed by atoms with E-state index in [1.807, 2.05) is 38.7 Å². The fourth-order valence-corrected chi connectivity index (χ4v) is 1.82. The van der Waals surface area contributed by atoms with E-state index in [4.69, 9.17) is 0 Å². The molecule has 0 atom stereocenters. The topological polar surface area (TPSA) is 50.2 Å². The van der Waals surface area contributed by atoms with Gasteiger partial charge in [0.25, 0.3) is 0 Å². The summed E-state index contributed by atoms with van der Waals surface area (Å²) in [7, 11) is 4.06. The fourth-order valence-electron chi connectivity index (χ4n) is 1.82. The third-order valence-corrected chi connectivity index (χ3v) is 2.76. The molecule has 0 saturated carbocycles. The van der Waals surface area contributed by atoms with Crippen LogP contribution in [0.1, 0.15) is 24.2 Å². The van der Waals surface area contributed by atoms with E-state index in [-0.39, 0.29) is 5.91 Å². The van der Waals surface area contributed by atoms with Crippen LogP contribution >= 0.6 is 0 Å². The maximum absolute atomic E-state index is 11.6. The van der Waals surface area contributed by atoms with Gasteiger partial charge in [0.15, 0.2) is 0 Å². The standard InChI is InChI=1S/C13H24N4O/c1-11-10-12(2)17(15-11)9-6-13(18)14-7-5-8-16(3)4/h10H,5-9H2,1-4H3,(H,14,18). The van der Waals surface area contributed by atoms with E-state index >= 15 is 0 Å². The van der Waals surface area contributed by atoms with E-state index in [9.17, 15) is 4.79 Å². The first kappa shape index (κ1) is 14.7. The molecule has 1 amide bonds. The summed E-state index contributed by atoms with van der Waals surface area (Å²) < 4.78 is 1.88. The Balaban J connectivity index is 2.19. The molecule has 1 aromatic heterocycles. The lowest BCUT2D eigenvalue weighted by atomic mass is 10.3. The van der Waals surface area contributed by atoms with Gasteiger partial charge in [0.1, 0.15) is 0 Å². The van der Waals surface area contributed by atoms with Crippen LogP contribution in [0, 0.1) is 13.8 Å². The summed E-state index contributed by atoms with van der Waals surface area (Å²) in [6.45, 7) is 6.37. The minimum Gasteiger partial charge on any atom is -0.356 e. The van der Waals surface area contributed by atoms with Gasteiger partial charge in [-0.15, -0.1) is 0 Å². The molecule has 0 spiro atoms. The fraction of sp³-hybridized carbons (Fsp3) is 0.692. The smallest absolute Gasteiger partial charge is 0.221 e. The van der Waals surface area contributed by atoms with Gasteiger partial charge in [-0.25, -0.2) is 0 Å². The Bertz CT molecular complexity index is 384. The van der Waals surface area contributed by atoms with E-state index in [1.165, 1.54) is 0 Å². The van der Waals surface area contributed by atoms with Crippen LogP contribution in [0.3, 0.4) is 0 Å². The third-order valence-electron chi connectivity index (χ3n) is 2.76. The number of nitrogens with one attached hydrogen (secondary N) is 1. The monoisotopic (exact) mass is 252 g/mol. The molecule has 5 nitrogen and oxygen atoms in total. The molecule has 5 heteroatoms. The number of amides is 1. The highest BCUT2D eigenvalue weighted by atomic mass is 16.1. The second-order valence-electron chi connectivity index (χ2n) is 4.91. The van der Waals surface area contributed by atoms with Crippen molar-refractivity contribution in [1.29, 1.82) is 0 Å². The average molecular weight is 252 g/mol. The Labute approximate surface area is 109 Å². The van der Waals surface area contributed by atoms with Crippen molar-refractivity contribution in [2.45, 2.75) is 33.2 Å². The van der Waals surface area contributed by atoms with Gasteiger partial charge < -0.3 is 10.2 Å². The number of carbonyl (C=O) groups is 1. The zero-order valence-electron chi connectivity index (χ0n) is 11.9. The van der Waals surface area contributed by atoms with Gasteiger partial charge in [-0.05, 0) is 47.0 Å². The maximum Gasteiger partial charge on any atom is 0.221 e. The predicted octanol–water partition coefficient (Wildman–Crippen LogP) is 0.958. The zero-order chi connectivity index (χ0) is 13.5. The number of aromatic nitrogens is 2. The normalized spacial score (nSPS) is 10.9. The Morgan fingerprint density at radius 3 is 2.72 bits per heavy atom. The summed E-state index contributed by atoms with van der Waals surface area (Å²) in [6.07, 6.45) is 1.47. The molecule has 0 saturated heterocycles. The summed E-state index contributed by atoms with van der Waals surface area (Å²) in [4.78, 5) is 13.7. The Kier molecular flexibility index (Phi) is 5.85. The average Bonchev–Trinajstić information content (AvgIpc) is 2.60. The number of hydrogen-bond donors (Lipinski definition) is 1. The van der Waals surface area contributed by atoms with E-state index < -0.39 is 0 Å². The summed E-state index contributed by atoms with van der Waals surface area (Å²) >= 11 is 0. The summed E-state index contributed by atoms with van der Waals surface area (Å²) in [5.74, 6) is 0.0984. The van der Waals surface area contributed by atoms with Crippen molar-refractivity contribution in [3.8, 4) is 0 Å². The SMILES string of the molecule is Cc1cc(C)n(CCC(=O)NCCCN(C)C)n1. The van der Waals surface area contributed by atoms with Gasteiger partial charge in [0.2, 0.25) is 5.91 Å². The molecule has 102 valence electrons. The molecule has 0 bridgehead atoms. The zero-order valence-corrected chi connectivity index (χ0v) is 11.9. The molecule has 1 aromatic rings. The van der Waals surface area contributed by atoms with Gasteiger partial charge >= 0.3 is 0 Å². The molecule has 0 aliphatic heterocycles. The number of aryl methyl sites for hydroxylation is 3. The van der Waals surface area contributed by atoms with Crippen LogP contribution in [0.4, 0.5) is 0 Å². The number of nitrogens with zero attached hydrogens (tertiary/aromatic N) is 3. The molecule has 1 heterocycles. The maximum atomic E-state index is 11.6. The minimum absolute atomic E-state index is 0.0984. The van der Waals surface area contributed by atoms with Crippen molar-refractivity contribution in [1.82, 2.24) is 20.0 Å². The van der Waals surface area contributed by atoms with Crippen LogP contribution in [-0.2, 0) is 11.3 Å². The van der Waals surface area contributed by atoms with E-state index in [2.05, 4.69) is 15.3 Å². The van der Waals surface area contributed by atoms with Crippen molar-refractivity contribution < 1.29 is 4.79 Å². The van der Waals surface area contributed by atoms with Crippen molar-refractivity contribution in [2.75, 3.05) is 27.2 Å². The highest BCUT2D eigenvalue weighted by Crippen LogP contribution is 2.02. The number of rotatable bonds is 7. The van der Waals surface area contributed by atoms with Gasteiger partial charge in [-0.2, -0.15) is 5.10 Å². The minimum atomic E-state index is 0.0984. The summed E-state index contributed by atoms with van der Waals surface area (Å²) in [6, 6.07) is 2.02. The molecule has 18 heavy (non-hydrogen) atoms.